The number of alkyl halides is 4. The van der Waals surface area contributed by atoms with Gasteiger partial charge in [0, 0.05) is 59.6 Å². The Morgan fingerprint density at radius 1 is 1.05 bits per heavy atom. The maximum Gasteiger partial charge on any atom is 0.401 e. The van der Waals surface area contributed by atoms with Crippen LogP contribution in [0.15, 0.2) is 36.4 Å². The van der Waals surface area contributed by atoms with E-state index in [1.54, 1.807) is 13.0 Å². The number of para-hydroxylation sites is 1. The number of H-pyrrole nitrogens is 1. The molecule has 1 saturated heterocycles. The number of nitrogens with zero attached hydrogens (tertiary/aromatic N) is 2. The minimum absolute atomic E-state index is 0.0870. The second kappa shape index (κ2) is 10.4. The van der Waals surface area contributed by atoms with Crippen molar-refractivity contribution in [3.8, 4) is 0 Å². The molecule has 2 unspecified atom stereocenters. The molecule has 0 radical (unpaired) electrons. The first-order valence-electron chi connectivity index (χ1n) is 13.0. The van der Waals surface area contributed by atoms with E-state index in [1.165, 1.54) is 12.1 Å². The van der Waals surface area contributed by atoms with Crippen molar-refractivity contribution in [2.75, 3.05) is 38.2 Å². The lowest BCUT2D eigenvalue weighted by Crippen LogP contribution is -2.47. The highest BCUT2D eigenvalue weighted by Gasteiger charge is 2.44. The van der Waals surface area contributed by atoms with Crippen LogP contribution in [0.3, 0.4) is 0 Å². The first-order valence-corrected chi connectivity index (χ1v) is 13.0. The van der Waals surface area contributed by atoms with Crippen LogP contribution in [0.1, 0.15) is 43.1 Å². The summed E-state index contributed by atoms with van der Waals surface area (Å²) in [5, 5.41) is 4.04. The minimum atomic E-state index is -4.54. The first-order chi connectivity index (χ1) is 18.1. The topological polar surface area (TPSA) is 34.3 Å². The second-order valence-corrected chi connectivity index (χ2v) is 10.7. The molecule has 3 heterocycles. The lowest BCUT2D eigenvalue weighted by Gasteiger charge is -2.41. The summed E-state index contributed by atoms with van der Waals surface area (Å²) in [5.74, 6) is -1.62. The van der Waals surface area contributed by atoms with Crippen molar-refractivity contribution >= 4 is 16.6 Å². The Bertz CT molecular complexity index is 1270. The predicted octanol–water partition coefficient (Wildman–Crippen LogP) is 6.44. The Morgan fingerprint density at radius 3 is 2.45 bits per heavy atom. The summed E-state index contributed by atoms with van der Waals surface area (Å²) in [7, 11) is 0. The maximum absolute atomic E-state index is 15.7. The molecule has 1 fully saturated rings. The lowest BCUT2D eigenvalue weighted by molar-refractivity contribution is -0.155. The number of halogens is 6. The Balaban J connectivity index is 1.51. The summed E-state index contributed by atoms with van der Waals surface area (Å²) in [5.41, 5.74) is 1.72. The van der Waals surface area contributed by atoms with E-state index in [1.807, 2.05) is 25.1 Å². The van der Waals surface area contributed by atoms with Crippen LogP contribution in [0.2, 0.25) is 0 Å². The highest BCUT2D eigenvalue weighted by molar-refractivity contribution is 5.85. The molecular formula is C28H32F6N4. The van der Waals surface area contributed by atoms with E-state index in [2.05, 4.69) is 15.2 Å². The van der Waals surface area contributed by atoms with E-state index >= 15 is 8.78 Å². The minimum Gasteiger partial charge on any atom is -0.381 e. The Kier molecular flexibility index (Phi) is 7.39. The SMILES string of the molecule is CC1CN(CCCF)CC1Nc1cc(F)c([C@@H]2c3[nH]c4ccccc4c3C[C@@H](C)N2CC(F)(F)F)c(F)c1. The van der Waals surface area contributed by atoms with Crippen LogP contribution in [-0.4, -0.2) is 65.9 Å². The molecule has 0 saturated carbocycles. The van der Waals surface area contributed by atoms with E-state index in [0.29, 0.717) is 31.6 Å². The lowest BCUT2D eigenvalue weighted by atomic mass is 9.88. The molecule has 4 atom stereocenters. The number of hydrogen-bond acceptors (Lipinski definition) is 3. The Labute approximate surface area is 218 Å². The highest BCUT2D eigenvalue weighted by atomic mass is 19.4. The summed E-state index contributed by atoms with van der Waals surface area (Å²) < 4.78 is 85.0. The number of hydrogen-bond donors (Lipinski definition) is 2. The van der Waals surface area contributed by atoms with Gasteiger partial charge in [0.15, 0.2) is 0 Å². The highest BCUT2D eigenvalue weighted by Crippen LogP contribution is 2.44. The van der Waals surface area contributed by atoms with Gasteiger partial charge < -0.3 is 15.2 Å². The number of fused-ring (bicyclic) bond motifs is 3. The van der Waals surface area contributed by atoms with Crippen molar-refractivity contribution in [3.05, 3.63) is 64.9 Å². The number of nitrogens with one attached hydrogen (secondary N) is 2. The number of anilines is 1. The van der Waals surface area contributed by atoms with E-state index in [4.69, 9.17) is 0 Å². The molecule has 3 aromatic rings. The average Bonchev–Trinajstić information content (AvgIpc) is 3.38. The smallest absolute Gasteiger partial charge is 0.381 e. The standard InChI is InChI=1S/C28H32F6N4/c1-16-13-37(9-5-8-29)14-24(16)35-18-11-21(30)25(22(31)12-18)27-26-20(19-6-3-4-7-23(19)36-26)10-17(2)38(27)15-28(32,33)34/h3-4,6-7,11-12,16-17,24,27,35-36H,5,8-10,13-15H2,1-2H3/t16?,17-,24?,27-/m1/s1. The molecular weight excluding hydrogens is 506 g/mol. The maximum atomic E-state index is 15.7. The van der Waals surface area contributed by atoms with Gasteiger partial charge in [0.05, 0.1) is 19.3 Å². The van der Waals surface area contributed by atoms with Gasteiger partial charge in [0.2, 0.25) is 0 Å². The zero-order chi connectivity index (χ0) is 27.2. The van der Waals surface area contributed by atoms with E-state index in [-0.39, 0.29) is 17.6 Å². The number of benzene rings is 2. The van der Waals surface area contributed by atoms with Gasteiger partial charge in [0.1, 0.15) is 11.6 Å². The average molecular weight is 539 g/mol. The van der Waals surface area contributed by atoms with Gasteiger partial charge >= 0.3 is 6.18 Å². The van der Waals surface area contributed by atoms with Crippen LogP contribution in [0.4, 0.5) is 32.0 Å². The normalized spacial score (nSPS) is 24.7. The van der Waals surface area contributed by atoms with Crippen LogP contribution in [0.25, 0.3) is 10.9 Å². The van der Waals surface area contributed by atoms with Gasteiger partial charge in [-0.1, -0.05) is 25.1 Å². The van der Waals surface area contributed by atoms with Crippen LogP contribution in [0, 0.1) is 17.6 Å². The van der Waals surface area contributed by atoms with Crippen LogP contribution in [0.5, 0.6) is 0 Å². The van der Waals surface area contributed by atoms with E-state index in [0.717, 1.165) is 27.9 Å². The molecule has 2 aliphatic rings. The molecule has 206 valence electrons. The number of aromatic nitrogens is 1. The summed E-state index contributed by atoms with van der Waals surface area (Å²) in [6.45, 7) is 3.96. The third-order valence-corrected chi connectivity index (χ3v) is 7.88. The number of aromatic amines is 1. The van der Waals surface area contributed by atoms with Crippen molar-refractivity contribution in [3.63, 3.8) is 0 Å². The van der Waals surface area contributed by atoms with Crippen LogP contribution in [-0.2, 0) is 6.42 Å². The van der Waals surface area contributed by atoms with Gasteiger partial charge in [-0.05, 0) is 49.4 Å². The fourth-order valence-corrected chi connectivity index (χ4v) is 6.14. The molecule has 5 rings (SSSR count). The van der Waals surface area contributed by atoms with Crippen LogP contribution < -0.4 is 5.32 Å². The van der Waals surface area contributed by atoms with E-state index in [9.17, 15) is 17.6 Å². The fraction of sp³-hybridized carbons (Fsp3) is 0.500. The van der Waals surface area contributed by atoms with Gasteiger partial charge in [0.25, 0.3) is 0 Å². The number of rotatable bonds is 7. The first kappa shape index (κ1) is 26.9. The van der Waals surface area contributed by atoms with Gasteiger partial charge in [-0.3, -0.25) is 9.29 Å². The Morgan fingerprint density at radius 2 is 1.76 bits per heavy atom. The van der Waals surface area contributed by atoms with Crippen LogP contribution >= 0.6 is 0 Å². The third-order valence-electron chi connectivity index (χ3n) is 7.88. The predicted molar refractivity (Wildman–Crippen MR) is 136 cm³/mol. The molecule has 4 nitrogen and oxygen atoms in total. The molecule has 10 heteroatoms. The summed E-state index contributed by atoms with van der Waals surface area (Å²) in [6.07, 6.45) is -3.79. The van der Waals surface area contributed by atoms with E-state index < -0.39 is 48.7 Å². The van der Waals surface area contributed by atoms with Gasteiger partial charge in [-0.15, -0.1) is 0 Å². The van der Waals surface area contributed by atoms with Crippen molar-refractivity contribution in [1.82, 2.24) is 14.8 Å². The summed E-state index contributed by atoms with van der Waals surface area (Å²) >= 11 is 0. The molecule has 38 heavy (non-hydrogen) atoms. The summed E-state index contributed by atoms with van der Waals surface area (Å²) in [6, 6.07) is 7.71. The zero-order valence-electron chi connectivity index (χ0n) is 21.4. The quantitative estimate of drug-likeness (QED) is 0.340. The molecule has 0 spiro atoms. The molecule has 0 aliphatic carbocycles. The number of likely N-dealkylation sites (tertiary alicyclic amines) is 1. The second-order valence-electron chi connectivity index (χ2n) is 10.7. The van der Waals surface area contributed by atoms with Gasteiger partial charge in [-0.2, -0.15) is 13.2 Å². The van der Waals surface area contributed by atoms with Crippen molar-refractivity contribution in [2.45, 2.75) is 51.0 Å². The third kappa shape index (κ3) is 5.25. The molecule has 2 aliphatic heterocycles. The fourth-order valence-electron chi connectivity index (χ4n) is 6.14. The monoisotopic (exact) mass is 538 g/mol. The molecule has 1 aromatic heterocycles. The zero-order valence-corrected chi connectivity index (χ0v) is 21.4. The Hall–Kier alpha value is -2.72. The largest absolute Gasteiger partial charge is 0.401 e. The molecule has 0 amide bonds. The van der Waals surface area contributed by atoms with Crippen molar-refractivity contribution in [2.24, 2.45) is 5.92 Å². The van der Waals surface area contributed by atoms with Gasteiger partial charge in [-0.25, -0.2) is 8.78 Å². The van der Waals surface area contributed by atoms with Crippen molar-refractivity contribution in [1.29, 1.82) is 0 Å². The molecule has 2 aromatic carbocycles. The molecule has 0 bridgehead atoms. The molecule has 2 N–H and O–H groups in total. The summed E-state index contributed by atoms with van der Waals surface area (Å²) in [4.78, 5) is 6.41. The van der Waals surface area contributed by atoms with Crippen molar-refractivity contribution < 1.29 is 26.3 Å².